The molecule has 1 unspecified atom stereocenters. The summed E-state index contributed by atoms with van der Waals surface area (Å²) in [5, 5.41) is 11.0. The lowest BCUT2D eigenvalue weighted by Gasteiger charge is -2.41. The minimum Gasteiger partial charge on any atom is -0.302 e. The first-order chi connectivity index (χ1) is 13.2. The van der Waals surface area contributed by atoms with E-state index < -0.39 is 0 Å². The summed E-state index contributed by atoms with van der Waals surface area (Å²) in [6.07, 6.45) is 2.74. The van der Waals surface area contributed by atoms with Gasteiger partial charge < -0.3 is 5.32 Å². The molecule has 2 aliphatic rings. The van der Waals surface area contributed by atoms with Crippen molar-refractivity contribution in [3.63, 3.8) is 0 Å². The van der Waals surface area contributed by atoms with Crippen LogP contribution in [0.3, 0.4) is 0 Å². The second kappa shape index (κ2) is 6.43. The number of rotatable bonds is 2. The zero-order chi connectivity index (χ0) is 18.4. The Morgan fingerprint density at radius 3 is 2.56 bits per heavy atom. The first-order valence-corrected chi connectivity index (χ1v) is 9.40. The van der Waals surface area contributed by atoms with Gasteiger partial charge in [0.2, 0.25) is 0 Å². The fourth-order valence-electron chi connectivity index (χ4n) is 4.62. The Hall–Kier alpha value is -2.79. The quantitative estimate of drug-likeness (QED) is 0.731. The molecule has 0 amide bonds. The van der Waals surface area contributed by atoms with Gasteiger partial charge in [0, 0.05) is 29.1 Å². The summed E-state index contributed by atoms with van der Waals surface area (Å²) >= 11 is 0. The summed E-state index contributed by atoms with van der Waals surface area (Å²) in [6.45, 7) is 0. The van der Waals surface area contributed by atoms with E-state index in [9.17, 15) is 9.18 Å². The Morgan fingerprint density at radius 2 is 1.78 bits per heavy atom. The molecule has 2 aromatic carbocycles. The molecule has 2 heterocycles. The molecule has 0 fully saturated rings. The number of nitrogens with one attached hydrogen (secondary N) is 2. The SMILES string of the molecule is O=c1[nH]nc2c3c1CCCC3N[C@H](c1ccc(F)cc1)[C@H]2c1ccccc1. The van der Waals surface area contributed by atoms with E-state index in [1.165, 1.54) is 12.1 Å². The van der Waals surface area contributed by atoms with Gasteiger partial charge in [0.15, 0.2) is 0 Å². The summed E-state index contributed by atoms with van der Waals surface area (Å²) in [5.74, 6) is -0.287. The summed E-state index contributed by atoms with van der Waals surface area (Å²) in [4.78, 5) is 12.3. The minimum absolute atomic E-state index is 0.0325. The molecule has 0 radical (unpaired) electrons. The number of hydrogen-bond acceptors (Lipinski definition) is 3. The third-order valence-corrected chi connectivity index (χ3v) is 5.82. The van der Waals surface area contributed by atoms with Gasteiger partial charge in [0.25, 0.3) is 5.56 Å². The molecule has 0 spiro atoms. The third kappa shape index (κ3) is 2.70. The van der Waals surface area contributed by atoms with Crippen LogP contribution in [-0.4, -0.2) is 10.2 Å². The van der Waals surface area contributed by atoms with Gasteiger partial charge in [0.05, 0.1) is 5.69 Å². The number of halogens is 1. The van der Waals surface area contributed by atoms with Gasteiger partial charge >= 0.3 is 0 Å². The van der Waals surface area contributed by atoms with Gasteiger partial charge in [-0.05, 0) is 42.5 Å². The van der Waals surface area contributed by atoms with E-state index in [-0.39, 0.29) is 29.4 Å². The highest BCUT2D eigenvalue weighted by atomic mass is 19.1. The van der Waals surface area contributed by atoms with Crippen LogP contribution in [0, 0.1) is 5.82 Å². The predicted octanol–water partition coefficient (Wildman–Crippen LogP) is 3.76. The van der Waals surface area contributed by atoms with Crippen molar-refractivity contribution in [2.24, 2.45) is 0 Å². The highest BCUT2D eigenvalue weighted by molar-refractivity contribution is 5.45. The first kappa shape index (κ1) is 16.4. The molecule has 3 aromatic rings. The topological polar surface area (TPSA) is 57.8 Å². The van der Waals surface area contributed by atoms with Crippen molar-refractivity contribution in [3.05, 3.63) is 98.7 Å². The van der Waals surface area contributed by atoms with Crippen LogP contribution < -0.4 is 10.9 Å². The van der Waals surface area contributed by atoms with Crippen LogP contribution >= 0.6 is 0 Å². The summed E-state index contributed by atoms with van der Waals surface area (Å²) < 4.78 is 13.5. The largest absolute Gasteiger partial charge is 0.302 e. The zero-order valence-corrected chi connectivity index (χ0v) is 14.8. The molecule has 2 N–H and O–H groups in total. The maximum absolute atomic E-state index is 13.5. The van der Waals surface area contributed by atoms with E-state index >= 15 is 0 Å². The monoisotopic (exact) mass is 361 g/mol. The molecular weight excluding hydrogens is 341 g/mol. The number of hydrogen-bond donors (Lipinski definition) is 2. The highest BCUT2D eigenvalue weighted by Crippen LogP contribution is 2.46. The number of benzene rings is 2. The lowest BCUT2D eigenvalue weighted by atomic mass is 9.74. The van der Waals surface area contributed by atoms with Gasteiger partial charge in [-0.2, -0.15) is 5.10 Å². The van der Waals surface area contributed by atoms with Gasteiger partial charge in [-0.15, -0.1) is 0 Å². The molecule has 0 saturated carbocycles. The maximum atomic E-state index is 13.5. The van der Waals surface area contributed by atoms with Crippen LogP contribution in [0.2, 0.25) is 0 Å². The second-order valence-corrected chi connectivity index (χ2v) is 7.36. The van der Waals surface area contributed by atoms with Gasteiger partial charge in [-0.1, -0.05) is 42.5 Å². The van der Waals surface area contributed by atoms with Crippen molar-refractivity contribution in [1.29, 1.82) is 0 Å². The van der Waals surface area contributed by atoms with Crippen LogP contribution in [0.15, 0.2) is 59.4 Å². The van der Waals surface area contributed by atoms with Crippen LogP contribution in [0.5, 0.6) is 0 Å². The lowest BCUT2D eigenvalue weighted by Crippen LogP contribution is -2.42. The zero-order valence-electron chi connectivity index (χ0n) is 14.8. The van der Waals surface area contributed by atoms with Gasteiger partial charge in [0.1, 0.15) is 5.82 Å². The van der Waals surface area contributed by atoms with Crippen molar-refractivity contribution in [3.8, 4) is 0 Å². The first-order valence-electron chi connectivity index (χ1n) is 9.40. The third-order valence-electron chi connectivity index (χ3n) is 5.82. The Bertz CT molecular complexity index is 1030. The van der Waals surface area contributed by atoms with Crippen LogP contribution in [0.1, 0.15) is 58.8 Å². The van der Waals surface area contributed by atoms with E-state index in [0.29, 0.717) is 0 Å². The van der Waals surface area contributed by atoms with E-state index in [1.807, 2.05) is 30.3 Å². The Balaban J connectivity index is 1.73. The molecule has 4 nitrogen and oxygen atoms in total. The summed E-state index contributed by atoms with van der Waals surface area (Å²) in [7, 11) is 0. The Kier molecular flexibility index (Phi) is 3.90. The van der Waals surface area contributed by atoms with Gasteiger partial charge in [-0.25, -0.2) is 9.49 Å². The molecule has 27 heavy (non-hydrogen) atoms. The average molecular weight is 361 g/mol. The van der Waals surface area contributed by atoms with E-state index in [0.717, 1.165) is 47.2 Å². The Morgan fingerprint density at radius 1 is 1.00 bits per heavy atom. The van der Waals surface area contributed by atoms with Crippen LogP contribution in [-0.2, 0) is 6.42 Å². The number of aromatic nitrogens is 2. The summed E-state index contributed by atoms with van der Waals surface area (Å²) in [5.41, 5.74) is 4.95. The van der Waals surface area contributed by atoms with E-state index in [2.05, 4.69) is 27.6 Å². The molecule has 0 bridgehead atoms. The molecule has 3 atom stereocenters. The molecule has 1 aliphatic heterocycles. The van der Waals surface area contributed by atoms with E-state index in [4.69, 9.17) is 0 Å². The normalized spacial score (nSPS) is 23.7. The average Bonchev–Trinajstić information content (AvgIpc) is 2.71. The van der Waals surface area contributed by atoms with Gasteiger partial charge in [-0.3, -0.25) is 4.79 Å². The molecule has 5 rings (SSSR count). The molecule has 1 aromatic heterocycles. The lowest BCUT2D eigenvalue weighted by molar-refractivity contribution is 0.336. The minimum atomic E-state index is -0.242. The van der Waals surface area contributed by atoms with Crippen LogP contribution in [0.4, 0.5) is 4.39 Å². The molecule has 136 valence electrons. The van der Waals surface area contributed by atoms with Crippen molar-refractivity contribution in [2.45, 2.75) is 37.3 Å². The van der Waals surface area contributed by atoms with Crippen molar-refractivity contribution >= 4 is 0 Å². The number of nitrogens with zero attached hydrogens (tertiary/aromatic N) is 1. The second-order valence-electron chi connectivity index (χ2n) is 7.36. The van der Waals surface area contributed by atoms with Crippen molar-refractivity contribution < 1.29 is 4.39 Å². The smallest absolute Gasteiger partial charge is 0.267 e. The van der Waals surface area contributed by atoms with Crippen LogP contribution in [0.25, 0.3) is 0 Å². The van der Waals surface area contributed by atoms with Crippen molar-refractivity contribution in [2.75, 3.05) is 0 Å². The molecule has 0 saturated heterocycles. The Labute approximate surface area is 156 Å². The maximum Gasteiger partial charge on any atom is 0.267 e. The number of H-pyrrole nitrogens is 1. The fraction of sp³-hybridized carbons (Fsp3) is 0.273. The molecular formula is C22H20FN3O. The highest BCUT2D eigenvalue weighted by Gasteiger charge is 2.40. The molecule has 5 heteroatoms. The summed E-state index contributed by atoms with van der Waals surface area (Å²) in [6, 6.07) is 16.9. The fourth-order valence-corrected chi connectivity index (χ4v) is 4.62. The standard InChI is InChI=1S/C22H20FN3O/c23-15-11-9-14(10-12-15)20-18(13-5-2-1-3-6-13)21-19-16(22(27)26-25-21)7-4-8-17(19)24-20/h1-3,5-6,9-12,17-18,20,24H,4,7-8H2,(H,26,27)/t17?,18-,20-/m1/s1. The molecule has 1 aliphatic carbocycles. The number of aromatic amines is 1. The van der Waals surface area contributed by atoms with E-state index in [1.54, 1.807) is 0 Å². The predicted molar refractivity (Wildman–Crippen MR) is 101 cm³/mol. The van der Waals surface area contributed by atoms with Crippen molar-refractivity contribution in [1.82, 2.24) is 15.5 Å².